The van der Waals surface area contributed by atoms with Gasteiger partial charge in [0.05, 0.1) is 28.0 Å². The summed E-state index contributed by atoms with van der Waals surface area (Å²) in [5.41, 5.74) is 2.83. The number of carbonyl (C=O) groups is 1. The van der Waals surface area contributed by atoms with Crippen LogP contribution in [0.15, 0.2) is 36.4 Å². The van der Waals surface area contributed by atoms with Gasteiger partial charge in [0.1, 0.15) is 0 Å². The molecule has 2 aromatic carbocycles. The first-order valence-electron chi connectivity index (χ1n) is 8.03. The highest BCUT2D eigenvalue weighted by Crippen LogP contribution is 2.31. The molecule has 0 saturated carbocycles. The molecule has 0 aliphatic carbocycles. The van der Waals surface area contributed by atoms with Crippen LogP contribution in [-0.2, 0) is 16.4 Å². The standard InChI is InChI=1S/C18H18Cl2N2O3S/c1-11(12-3-5-15(19)16(20)10-12)21-18(23)14-4-6-17-13(9-14)7-8-22(17)26(2,24)25/h3-6,9-11H,7-8H2,1-2H3,(H,21,23)/t11-/m0/s1. The van der Waals surface area contributed by atoms with E-state index in [4.69, 9.17) is 23.2 Å². The normalized spacial score (nSPS) is 14.8. The lowest BCUT2D eigenvalue weighted by Crippen LogP contribution is -2.28. The number of hydrogen-bond acceptors (Lipinski definition) is 3. The lowest BCUT2D eigenvalue weighted by atomic mass is 10.1. The molecule has 0 fully saturated rings. The van der Waals surface area contributed by atoms with Gasteiger partial charge >= 0.3 is 0 Å². The summed E-state index contributed by atoms with van der Waals surface area (Å²) in [6.07, 6.45) is 1.77. The van der Waals surface area contributed by atoms with E-state index < -0.39 is 10.0 Å². The summed E-state index contributed by atoms with van der Waals surface area (Å²) in [5.74, 6) is -0.232. The van der Waals surface area contributed by atoms with Crippen LogP contribution in [0.25, 0.3) is 0 Å². The number of carbonyl (C=O) groups excluding carboxylic acids is 1. The maximum atomic E-state index is 12.6. The first kappa shape index (κ1) is 19.0. The van der Waals surface area contributed by atoms with Gasteiger partial charge in [0.2, 0.25) is 10.0 Å². The smallest absolute Gasteiger partial charge is 0.251 e. The zero-order valence-corrected chi connectivity index (χ0v) is 16.6. The molecule has 1 atom stereocenters. The van der Waals surface area contributed by atoms with Crippen molar-refractivity contribution in [3.63, 3.8) is 0 Å². The van der Waals surface area contributed by atoms with E-state index in [1.807, 2.05) is 13.0 Å². The van der Waals surface area contributed by atoms with E-state index in [-0.39, 0.29) is 11.9 Å². The lowest BCUT2D eigenvalue weighted by Gasteiger charge is -2.17. The van der Waals surface area contributed by atoms with Crippen LogP contribution in [0.3, 0.4) is 0 Å². The Morgan fingerprint density at radius 2 is 1.88 bits per heavy atom. The summed E-state index contributed by atoms with van der Waals surface area (Å²) < 4.78 is 25.0. The molecule has 0 saturated heterocycles. The van der Waals surface area contributed by atoms with Gasteiger partial charge in [-0.3, -0.25) is 9.10 Å². The van der Waals surface area contributed by atoms with Gasteiger partial charge in [-0.1, -0.05) is 29.3 Å². The molecule has 2 aromatic rings. The van der Waals surface area contributed by atoms with Crippen LogP contribution >= 0.6 is 23.2 Å². The fourth-order valence-electron chi connectivity index (χ4n) is 3.00. The maximum absolute atomic E-state index is 12.6. The molecule has 1 heterocycles. The molecule has 0 bridgehead atoms. The van der Waals surface area contributed by atoms with Gasteiger partial charge in [-0.15, -0.1) is 0 Å². The van der Waals surface area contributed by atoms with Crippen molar-refractivity contribution >= 4 is 44.8 Å². The van der Waals surface area contributed by atoms with E-state index in [1.54, 1.807) is 30.3 Å². The van der Waals surface area contributed by atoms with Gasteiger partial charge < -0.3 is 5.32 Å². The Hall–Kier alpha value is -1.76. The molecule has 1 amide bonds. The summed E-state index contributed by atoms with van der Waals surface area (Å²) in [5, 5.41) is 3.81. The third-order valence-electron chi connectivity index (χ3n) is 4.39. The maximum Gasteiger partial charge on any atom is 0.251 e. The third kappa shape index (κ3) is 3.82. The second kappa shape index (κ2) is 7.10. The fourth-order valence-corrected chi connectivity index (χ4v) is 4.27. The minimum Gasteiger partial charge on any atom is -0.346 e. The molecule has 8 heteroatoms. The van der Waals surface area contributed by atoms with E-state index >= 15 is 0 Å². The molecule has 0 unspecified atom stereocenters. The predicted molar refractivity (Wildman–Crippen MR) is 105 cm³/mol. The minimum absolute atomic E-state index is 0.232. The molecule has 1 N–H and O–H groups in total. The van der Waals surface area contributed by atoms with Crippen molar-refractivity contribution in [2.45, 2.75) is 19.4 Å². The Balaban J connectivity index is 1.78. The highest BCUT2D eigenvalue weighted by atomic mass is 35.5. The molecule has 26 heavy (non-hydrogen) atoms. The molecule has 0 spiro atoms. The van der Waals surface area contributed by atoms with Crippen molar-refractivity contribution in [3.05, 3.63) is 63.1 Å². The average Bonchev–Trinajstić information content (AvgIpc) is 3.00. The number of sulfonamides is 1. The number of rotatable bonds is 4. The summed E-state index contributed by atoms with van der Waals surface area (Å²) in [4.78, 5) is 12.6. The van der Waals surface area contributed by atoms with E-state index in [2.05, 4.69) is 5.32 Å². The van der Waals surface area contributed by atoms with Gasteiger partial charge in [0.25, 0.3) is 5.91 Å². The van der Waals surface area contributed by atoms with Crippen LogP contribution in [-0.4, -0.2) is 27.1 Å². The Morgan fingerprint density at radius 3 is 2.54 bits per heavy atom. The zero-order valence-electron chi connectivity index (χ0n) is 14.3. The van der Waals surface area contributed by atoms with Gasteiger partial charge in [0, 0.05) is 12.1 Å². The molecule has 5 nitrogen and oxygen atoms in total. The summed E-state index contributed by atoms with van der Waals surface area (Å²) in [7, 11) is -3.30. The topological polar surface area (TPSA) is 66.5 Å². The Morgan fingerprint density at radius 1 is 1.15 bits per heavy atom. The number of nitrogens with one attached hydrogen (secondary N) is 1. The van der Waals surface area contributed by atoms with Gasteiger partial charge in [-0.25, -0.2) is 8.42 Å². The highest BCUT2D eigenvalue weighted by Gasteiger charge is 2.27. The van der Waals surface area contributed by atoms with Crippen molar-refractivity contribution in [2.75, 3.05) is 17.1 Å². The largest absolute Gasteiger partial charge is 0.346 e. The van der Waals surface area contributed by atoms with Crippen molar-refractivity contribution in [2.24, 2.45) is 0 Å². The Kier molecular flexibility index (Phi) is 5.19. The predicted octanol–water partition coefficient (Wildman–Crippen LogP) is 3.81. The molecular formula is C18H18Cl2N2O3S. The van der Waals surface area contributed by atoms with Crippen LogP contribution in [0, 0.1) is 0 Å². The molecule has 0 aromatic heterocycles. The first-order chi connectivity index (χ1) is 12.2. The molecular weight excluding hydrogens is 395 g/mol. The van der Waals surface area contributed by atoms with Crippen molar-refractivity contribution < 1.29 is 13.2 Å². The van der Waals surface area contributed by atoms with Crippen LogP contribution < -0.4 is 9.62 Å². The number of anilines is 1. The van der Waals surface area contributed by atoms with Gasteiger partial charge in [-0.2, -0.15) is 0 Å². The van der Waals surface area contributed by atoms with Crippen LogP contribution in [0.5, 0.6) is 0 Å². The number of halogens is 2. The quantitative estimate of drug-likeness (QED) is 0.829. The summed E-state index contributed by atoms with van der Waals surface area (Å²) >= 11 is 11.9. The van der Waals surface area contributed by atoms with Crippen molar-refractivity contribution in [1.82, 2.24) is 5.32 Å². The second-order valence-electron chi connectivity index (χ2n) is 6.30. The second-order valence-corrected chi connectivity index (χ2v) is 9.02. The van der Waals surface area contributed by atoms with Crippen LogP contribution in [0.4, 0.5) is 5.69 Å². The number of benzene rings is 2. The first-order valence-corrected chi connectivity index (χ1v) is 10.6. The fraction of sp³-hybridized carbons (Fsp3) is 0.278. The number of hydrogen-bond donors (Lipinski definition) is 1. The summed E-state index contributed by atoms with van der Waals surface area (Å²) in [6.45, 7) is 2.26. The SMILES string of the molecule is C[C@H](NC(=O)c1ccc2c(c1)CCN2S(C)(=O)=O)c1ccc(Cl)c(Cl)c1. The Bertz CT molecular complexity index is 976. The molecule has 1 aliphatic heterocycles. The van der Waals surface area contributed by atoms with Crippen LogP contribution in [0.2, 0.25) is 10.0 Å². The van der Waals surface area contributed by atoms with Gasteiger partial charge in [0.15, 0.2) is 0 Å². The van der Waals surface area contributed by atoms with Gasteiger partial charge in [-0.05, 0) is 54.8 Å². The van der Waals surface area contributed by atoms with E-state index in [0.717, 1.165) is 11.1 Å². The molecule has 138 valence electrons. The minimum atomic E-state index is -3.30. The molecule has 1 aliphatic rings. The third-order valence-corrected chi connectivity index (χ3v) is 6.31. The van der Waals surface area contributed by atoms with E-state index in [9.17, 15) is 13.2 Å². The highest BCUT2D eigenvalue weighted by molar-refractivity contribution is 7.92. The lowest BCUT2D eigenvalue weighted by molar-refractivity contribution is 0.0940. The number of fused-ring (bicyclic) bond motifs is 1. The Labute approximate surface area is 163 Å². The zero-order chi connectivity index (χ0) is 19.1. The monoisotopic (exact) mass is 412 g/mol. The number of amides is 1. The average molecular weight is 413 g/mol. The van der Waals surface area contributed by atoms with Crippen LogP contribution in [0.1, 0.15) is 34.5 Å². The molecule has 3 rings (SSSR count). The number of nitrogens with zero attached hydrogens (tertiary/aromatic N) is 1. The van der Waals surface area contributed by atoms with E-state index in [1.165, 1.54) is 10.6 Å². The summed E-state index contributed by atoms with van der Waals surface area (Å²) in [6, 6.07) is 10.0. The van der Waals surface area contributed by atoms with Crippen molar-refractivity contribution in [1.29, 1.82) is 0 Å². The van der Waals surface area contributed by atoms with E-state index in [0.29, 0.717) is 34.3 Å². The molecule has 0 radical (unpaired) electrons. The van der Waals surface area contributed by atoms with Crippen molar-refractivity contribution in [3.8, 4) is 0 Å².